The topological polar surface area (TPSA) is 59.8 Å². The average molecular weight is 293 g/mol. The lowest BCUT2D eigenvalue weighted by atomic mass is 10.2. The van der Waals surface area contributed by atoms with Crippen LogP contribution in [0.5, 0.6) is 0 Å². The van der Waals surface area contributed by atoms with E-state index in [0.717, 1.165) is 0 Å². The number of rotatable bonds is 4. The lowest BCUT2D eigenvalue weighted by Crippen LogP contribution is -2.25. The summed E-state index contributed by atoms with van der Waals surface area (Å²) in [6.45, 7) is 1.99. The maximum absolute atomic E-state index is 12.1. The second kappa shape index (κ2) is 5.92. The second-order valence-electron chi connectivity index (χ2n) is 4.31. The molecule has 2 rings (SSSR count). The molecule has 20 heavy (non-hydrogen) atoms. The van der Waals surface area contributed by atoms with Crippen molar-refractivity contribution in [2.24, 2.45) is 0 Å². The van der Waals surface area contributed by atoms with Gasteiger partial charge in [-0.15, -0.1) is 11.3 Å². The largest absolute Gasteiger partial charge is 0.465 e. The van der Waals surface area contributed by atoms with E-state index < -0.39 is 5.97 Å². The molecule has 0 radical (unpaired) electrons. The maximum Gasteiger partial charge on any atom is 0.341 e. The molecule has 0 aromatic carbocycles. The number of furan rings is 1. The van der Waals surface area contributed by atoms with E-state index in [1.54, 1.807) is 31.0 Å². The molecule has 0 N–H and O–H groups in total. The van der Waals surface area contributed by atoms with E-state index in [2.05, 4.69) is 4.74 Å². The van der Waals surface area contributed by atoms with Crippen molar-refractivity contribution in [3.63, 3.8) is 0 Å². The molecule has 0 spiro atoms. The lowest BCUT2D eigenvalue weighted by molar-refractivity contribution is 0.0598. The quantitative estimate of drug-likeness (QED) is 0.813. The van der Waals surface area contributed by atoms with E-state index in [1.807, 2.05) is 11.4 Å². The fourth-order valence-electron chi connectivity index (χ4n) is 1.83. The zero-order valence-corrected chi connectivity index (χ0v) is 12.3. The fourth-order valence-corrected chi connectivity index (χ4v) is 2.55. The van der Waals surface area contributed by atoms with Gasteiger partial charge in [0.1, 0.15) is 17.1 Å². The number of carbonyl (C=O) groups excluding carboxylic acids is 2. The van der Waals surface area contributed by atoms with Gasteiger partial charge in [0.05, 0.1) is 18.5 Å². The average Bonchev–Trinajstić information content (AvgIpc) is 3.06. The van der Waals surface area contributed by atoms with Crippen LogP contribution in [0.15, 0.2) is 28.0 Å². The Kier molecular flexibility index (Phi) is 4.24. The van der Waals surface area contributed by atoms with Gasteiger partial charge < -0.3 is 14.1 Å². The summed E-state index contributed by atoms with van der Waals surface area (Å²) in [5.74, 6) is 0.525. The summed E-state index contributed by atoms with van der Waals surface area (Å²) in [5, 5.41) is 1.85. The number of amides is 1. The fraction of sp³-hybridized carbons (Fsp3) is 0.286. The molecule has 0 unspecified atom stereocenters. The number of carbonyl (C=O) groups is 2. The summed E-state index contributed by atoms with van der Waals surface area (Å²) in [7, 11) is 3.01. The Morgan fingerprint density at radius 3 is 2.80 bits per heavy atom. The second-order valence-corrected chi connectivity index (χ2v) is 5.26. The molecule has 0 bridgehead atoms. The summed E-state index contributed by atoms with van der Waals surface area (Å²) in [6, 6.07) is 5.22. The SMILES string of the molecule is COC(=O)c1cc(CN(C)C(=O)c2cccs2)oc1C. The molecule has 6 heteroatoms. The minimum absolute atomic E-state index is 0.0753. The first-order valence-corrected chi connectivity index (χ1v) is 6.87. The molecule has 0 aliphatic heterocycles. The molecule has 1 amide bonds. The van der Waals surface area contributed by atoms with Crippen LogP contribution in [0.2, 0.25) is 0 Å². The number of methoxy groups -OCH3 is 1. The van der Waals surface area contributed by atoms with E-state index in [4.69, 9.17) is 4.42 Å². The predicted octanol–water partition coefficient (Wildman–Crippen LogP) is 2.71. The molecular formula is C14H15NO4S. The number of hydrogen-bond donors (Lipinski definition) is 0. The van der Waals surface area contributed by atoms with E-state index in [1.165, 1.54) is 18.4 Å². The van der Waals surface area contributed by atoms with E-state index in [9.17, 15) is 9.59 Å². The Morgan fingerprint density at radius 1 is 1.45 bits per heavy atom. The van der Waals surface area contributed by atoms with Gasteiger partial charge in [0.2, 0.25) is 0 Å². The van der Waals surface area contributed by atoms with Crippen LogP contribution >= 0.6 is 11.3 Å². The van der Waals surface area contributed by atoms with Crippen LogP contribution in [0, 0.1) is 6.92 Å². The van der Waals surface area contributed by atoms with Crippen molar-refractivity contribution in [3.8, 4) is 0 Å². The molecule has 2 heterocycles. The highest BCUT2D eigenvalue weighted by molar-refractivity contribution is 7.12. The summed E-state index contributed by atoms with van der Waals surface area (Å²) < 4.78 is 10.1. The first kappa shape index (κ1) is 14.3. The minimum Gasteiger partial charge on any atom is -0.465 e. The van der Waals surface area contributed by atoms with Crippen molar-refractivity contribution in [1.82, 2.24) is 4.90 Å². The van der Waals surface area contributed by atoms with E-state index in [0.29, 0.717) is 28.5 Å². The molecule has 2 aromatic rings. The number of esters is 1. The van der Waals surface area contributed by atoms with Gasteiger partial charge >= 0.3 is 5.97 Å². The van der Waals surface area contributed by atoms with Crippen LogP contribution in [-0.2, 0) is 11.3 Å². The minimum atomic E-state index is -0.440. The summed E-state index contributed by atoms with van der Waals surface area (Å²) >= 11 is 1.39. The van der Waals surface area contributed by atoms with Crippen molar-refractivity contribution in [1.29, 1.82) is 0 Å². The van der Waals surface area contributed by atoms with Crippen molar-refractivity contribution in [3.05, 3.63) is 45.5 Å². The zero-order chi connectivity index (χ0) is 14.7. The highest BCUT2D eigenvalue weighted by Gasteiger charge is 2.18. The third kappa shape index (κ3) is 2.91. The van der Waals surface area contributed by atoms with Gasteiger partial charge in [-0.25, -0.2) is 4.79 Å². The van der Waals surface area contributed by atoms with E-state index in [-0.39, 0.29) is 5.91 Å². The molecule has 0 saturated heterocycles. The van der Waals surface area contributed by atoms with E-state index >= 15 is 0 Å². The smallest absolute Gasteiger partial charge is 0.341 e. The van der Waals surface area contributed by atoms with Gasteiger partial charge in [0.25, 0.3) is 5.91 Å². The standard InChI is InChI=1S/C14H15NO4S/c1-9-11(14(17)18-3)7-10(19-9)8-15(2)13(16)12-5-4-6-20-12/h4-7H,8H2,1-3H3. The van der Waals surface area contributed by atoms with Crippen LogP contribution in [0.1, 0.15) is 31.6 Å². The van der Waals surface area contributed by atoms with Gasteiger partial charge in [0, 0.05) is 7.05 Å². The van der Waals surface area contributed by atoms with Gasteiger partial charge in [-0.05, 0) is 24.4 Å². The van der Waals surface area contributed by atoms with Gasteiger partial charge in [-0.2, -0.15) is 0 Å². The third-order valence-corrected chi connectivity index (χ3v) is 3.70. The molecule has 0 aliphatic rings. The molecule has 0 fully saturated rings. The highest BCUT2D eigenvalue weighted by atomic mass is 32.1. The van der Waals surface area contributed by atoms with Crippen molar-refractivity contribution < 1.29 is 18.7 Å². The summed E-state index contributed by atoms with van der Waals surface area (Å²) in [6.07, 6.45) is 0. The number of hydrogen-bond acceptors (Lipinski definition) is 5. The Bertz CT molecular complexity index is 615. The molecule has 0 saturated carbocycles. The molecule has 5 nitrogen and oxygen atoms in total. The van der Waals surface area contributed by atoms with Crippen LogP contribution in [0.25, 0.3) is 0 Å². The lowest BCUT2D eigenvalue weighted by Gasteiger charge is -2.14. The van der Waals surface area contributed by atoms with Crippen LogP contribution < -0.4 is 0 Å². The molecular weight excluding hydrogens is 278 g/mol. The first-order valence-electron chi connectivity index (χ1n) is 5.99. The monoisotopic (exact) mass is 293 g/mol. The Balaban J connectivity index is 2.10. The van der Waals surface area contributed by atoms with Crippen molar-refractivity contribution >= 4 is 23.2 Å². The number of nitrogens with zero attached hydrogens (tertiary/aromatic N) is 1. The van der Waals surface area contributed by atoms with Crippen LogP contribution in [0.3, 0.4) is 0 Å². The number of ether oxygens (including phenoxy) is 1. The number of thiophene rings is 1. The van der Waals surface area contributed by atoms with Gasteiger partial charge in [0.15, 0.2) is 0 Å². The molecule has 106 valence electrons. The van der Waals surface area contributed by atoms with Gasteiger partial charge in [-0.3, -0.25) is 4.79 Å². The number of aryl methyl sites for hydroxylation is 1. The Morgan fingerprint density at radius 2 is 2.20 bits per heavy atom. The predicted molar refractivity (Wildman–Crippen MR) is 74.9 cm³/mol. The normalized spacial score (nSPS) is 10.3. The summed E-state index contributed by atoms with van der Waals surface area (Å²) in [4.78, 5) is 25.8. The van der Waals surface area contributed by atoms with Crippen LogP contribution in [-0.4, -0.2) is 30.9 Å². The highest BCUT2D eigenvalue weighted by Crippen LogP contribution is 2.18. The zero-order valence-electron chi connectivity index (χ0n) is 11.5. The molecule has 0 atom stereocenters. The van der Waals surface area contributed by atoms with Crippen molar-refractivity contribution in [2.75, 3.05) is 14.2 Å². The maximum atomic E-state index is 12.1. The Labute approximate surface area is 120 Å². The third-order valence-electron chi connectivity index (χ3n) is 2.85. The summed E-state index contributed by atoms with van der Waals surface area (Å²) in [5.41, 5.74) is 0.388. The molecule has 0 aliphatic carbocycles. The Hall–Kier alpha value is -2.08. The first-order chi connectivity index (χ1) is 9.52. The van der Waals surface area contributed by atoms with Crippen molar-refractivity contribution in [2.45, 2.75) is 13.5 Å². The van der Waals surface area contributed by atoms with Crippen LogP contribution in [0.4, 0.5) is 0 Å². The van der Waals surface area contributed by atoms with Gasteiger partial charge in [-0.1, -0.05) is 6.07 Å². The molecule has 2 aromatic heterocycles.